The third-order valence-corrected chi connectivity index (χ3v) is 5.63. The lowest BCUT2D eigenvalue weighted by atomic mass is 10.2. The van der Waals surface area contributed by atoms with Gasteiger partial charge in [0.05, 0.1) is 30.3 Å². The van der Waals surface area contributed by atoms with Crippen LogP contribution in [-0.4, -0.2) is 42.1 Å². The molecule has 2 amide bonds. The van der Waals surface area contributed by atoms with Crippen molar-refractivity contribution in [1.29, 1.82) is 0 Å². The molecule has 11 heteroatoms. The van der Waals surface area contributed by atoms with Gasteiger partial charge < -0.3 is 0 Å². The van der Waals surface area contributed by atoms with E-state index in [0.29, 0.717) is 15.9 Å². The zero-order chi connectivity index (χ0) is 23.4. The molecule has 0 atom stereocenters. The van der Waals surface area contributed by atoms with Crippen molar-refractivity contribution in [2.75, 3.05) is 35.1 Å². The standard InChI is InChI=1S/C22H19ClN6O3S/c1-27(2)28-13-20(32-26-28)25-19(30)14-33-22-24-18(12-15-7-6-8-16(23)11-15)21(31)29(22)17-9-4-3-5-10-17/h3-13H,14H2,1-2H3/p+1/b18-12+. The second-order valence-electron chi connectivity index (χ2n) is 7.13. The number of amides is 2. The first kappa shape index (κ1) is 22.6. The molecule has 9 nitrogen and oxygen atoms in total. The molecular weight excluding hydrogens is 464 g/mol. The summed E-state index contributed by atoms with van der Waals surface area (Å²) in [6, 6.07) is 16.3. The second-order valence-corrected chi connectivity index (χ2v) is 8.50. The Morgan fingerprint density at radius 2 is 2.03 bits per heavy atom. The normalized spacial score (nSPS) is 14.5. The molecule has 0 unspecified atom stereocenters. The lowest BCUT2D eigenvalue weighted by molar-refractivity contribution is -0.753. The molecule has 0 fully saturated rings. The molecule has 0 bridgehead atoms. The van der Waals surface area contributed by atoms with Gasteiger partial charge in [-0.1, -0.05) is 53.7 Å². The van der Waals surface area contributed by atoms with E-state index in [4.69, 9.17) is 16.1 Å². The van der Waals surface area contributed by atoms with Crippen LogP contribution < -0.4 is 20.0 Å². The number of rotatable bonds is 6. The average molecular weight is 484 g/mol. The van der Waals surface area contributed by atoms with Crippen LogP contribution in [0.1, 0.15) is 5.56 Å². The van der Waals surface area contributed by atoms with Gasteiger partial charge in [-0.25, -0.2) is 4.99 Å². The van der Waals surface area contributed by atoms with Crippen molar-refractivity contribution in [2.45, 2.75) is 0 Å². The van der Waals surface area contributed by atoms with E-state index in [1.165, 1.54) is 9.69 Å². The lowest BCUT2D eigenvalue weighted by Gasteiger charge is -2.17. The molecule has 0 aliphatic carbocycles. The number of nitrogens with zero attached hydrogens (tertiary/aromatic N) is 5. The number of aliphatic imine (C=N–C) groups is 1. The summed E-state index contributed by atoms with van der Waals surface area (Å²) in [4.78, 5) is 33.1. The fraction of sp³-hybridized carbons (Fsp3) is 0.136. The van der Waals surface area contributed by atoms with Crippen molar-refractivity contribution < 1.29 is 18.9 Å². The van der Waals surface area contributed by atoms with E-state index in [0.717, 1.165) is 17.3 Å². The van der Waals surface area contributed by atoms with Gasteiger partial charge in [0.1, 0.15) is 5.70 Å². The number of hydrogen-bond donors (Lipinski definition) is 1. The van der Waals surface area contributed by atoms with Crippen molar-refractivity contribution in [1.82, 2.24) is 5.27 Å². The predicted octanol–water partition coefficient (Wildman–Crippen LogP) is 2.93. The molecule has 33 heavy (non-hydrogen) atoms. The summed E-state index contributed by atoms with van der Waals surface area (Å²) in [5, 5.41) is 9.06. The number of aromatic nitrogens is 2. The van der Waals surface area contributed by atoms with Crippen molar-refractivity contribution in [3.8, 4) is 0 Å². The average Bonchev–Trinajstić information content (AvgIpc) is 3.38. The summed E-state index contributed by atoms with van der Waals surface area (Å²) in [5.74, 6) is -0.383. The Morgan fingerprint density at radius 3 is 2.73 bits per heavy atom. The van der Waals surface area contributed by atoms with Crippen LogP contribution in [-0.2, 0) is 9.59 Å². The molecule has 0 spiro atoms. The van der Waals surface area contributed by atoms with E-state index in [1.807, 2.05) is 36.4 Å². The van der Waals surface area contributed by atoms with Crippen LogP contribution in [0.3, 0.4) is 0 Å². The zero-order valence-electron chi connectivity index (χ0n) is 17.8. The SMILES string of the molecule is CN(C)[n+]1cc(NC(=O)CSC2=N/C(=C/c3cccc(Cl)c3)C(=O)N2c2ccccc2)on1. The lowest BCUT2D eigenvalue weighted by Crippen LogP contribution is -2.53. The number of benzene rings is 2. The first-order valence-electron chi connectivity index (χ1n) is 9.85. The number of hydrogen-bond acceptors (Lipinski definition) is 7. The van der Waals surface area contributed by atoms with Crippen LogP contribution >= 0.6 is 23.4 Å². The largest absolute Gasteiger partial charge is 0.305 e. The molecule has 0 saturated heterocycles. The number of para-hydroxylation sites is 1. The minimum Gasteiger partial charge on any atom is -0.288 e. The highest BCUT2D eigenvalue weighted by Gasteiger charge is 2.32. The van der Waals surface area contributed by atoms with Gasteiger partial charge in [-0.3, -0.25) is 24.3 Å². The Balaban J connectivity index is 1.53. The second kappa shape index (κ2) is 9.88. The van der Waals surface area contributed by atoms with Crippen LogP contribution in [0.5, 0.6) is 0 Å². The first-order valence-corrected chi connectivity index (χ1v) is 11.2. The first-order chi connectivity index (χ1) is 15.9. The molecule has 2 aromatic carbocycles. The Hall–Kier alpha value is -3.63. The quantitative estimate of drug-likeness (QED) is 0.428. The monoisotopic (exact) mass is 483 g/mol. The van der Waals surface area contributed by atoms with E-state index in [1.54, 1.807) is 49.6 Å². The van der Waals surface area contributed by atoms with Crippen molar-refractivity contribution in [2.24, 2.45) is 4.99 Å². The van der Waals surface area contributed by atoms with Crippen molar-refractivity contribution in [3.05, 3.63) is 77.1 Å². The van der Waals surface area contributed by atoms with Crippen LogP contribution in [0.2, 0.25) is 5.02 Å². The molecule has 1 aliphatic rings. The molecule has 1 N–H and O–H groups in total. The van der Waals surface area contributed by atoms with Gasteiger partial charge in [0.15, 0.2) is 5.17 Å². The molecule has 3 aromatic rings. The number of anilines is 2. The van der Waals surface area contributed by atoms with Crippen LogP contribution in [0.15, 0.2) is 76.0 Å². The minimum absolute atomic E-state index is 0.0164. The molecule has 0 radical (unpaired) electrons. The highest BCUT2D eigenvalue weighted by molar-refractivity contribution is 8.14. The van der Waals surface area contributed by atoms with Crippen molar-refractivity contribution in [3.63, 3.8) is 0 Å². The summed E-state index contributed by atoms with van der Waals surface area (Å²) >= 11 is 7.21. The summed E-state index contributed by atoms with van der Waals surface area (Å²) in [5.41, 5.74) is 1.67. The van der Waals surface area contributed by atoms with E-state index >= 15 is 0 Å². The van der Waals surface area contributed by atoms with E-state index in [9.17, 15) is 9.59 Å². The fourth-order valence-electron chi connectivity index (χ4n) is 2.94. The maximum atomic E-state index is 13.2. The summed E-state index contributed by atoms with van der Waals surface area (Å²) < 4.78 is 5.08. The molecule has 2 heterocycles. The Morgan fingerprint density at radius 1 is 1.24 bits per heavy atom. The molecule has 168 valence electrons. The molecule has 0 saturated carbocycles. The number of halogens is 1. The van der Waals surface area contributed by atoms with E-state index < -0.39 is 0 Å². The third kappa shape index (κ3) is 5.41. The van der Waals surface area contributed by atoms with Gasteiger partial charge in [-0.15, -0.1) is 0 Å². The Kier molecular flexibility index (Phi) is 6.76. The van der Waals surface area contributed by atoms with Gasteiger partial charge in [0.25, 0.3) is 12.1 Å². The number of thioether (sulfide) groups is 1. The maximum Gasteiger partial charge on any atom is 0.305 e. The maximum absolute atomic E-state index is 13.2. The molecular formula is C22H20ClN6O3S+. The van der Waals surface area contributed by atoms with Gasteiger partial charge in [-0.2, -0.15) is 5.01 Å². The summed E-state index contributed by atoms with van der Waals surface area (Å²) in [6.07, 6.45) is 3.22. The predicted molar refractivity (Wildman–Crippen MR) is 129 cm³/mol. The van der Waals surface area contributed by atoms with Crippen LogP contribution in [0.25, 0.3) is 6.08 Å². The van der Waals surface area contributed by atoms with E-state index in [2.05, 4.69) is 15.6 Å². The number of amidine groups is 1. The number of carbonyl (C=O) groups is 2. The fourth-order valence-corrected chi connectivity index (χ4v) is 3.95. The van der Waals surface area contributed by atoms with Crippen LogP contribution in [0.4, 0.5) is 11.6 Å². The Bertz CT molecular complexity index is 1240. The number of carbonyl (C=O) groups excluding carboxylic acids is 2. The summed E-state index contributed by atoms with van der Waals surface area (Å²) in [6.45, 7) is 0. The minimum atomic E-state index is -0.322. The summed E-state index contributed by atoms with van der Waals surface area (Å²) in [7, 11) is 3.57. The highest BCUT2D eigenvalue weighted by Crippen LogP contribution is 2.29. The van der Waals surface area contributed by atoms with Gasteiger partial charge >= 0.3 is 5.88 Å². The third-order valence-electron chi connectivity index (χ3n) is 4.46. The highest BCUT2D eigenvalue weighted by atomic mass is 35.5. The van der Waals surface area contributed by atoms with E-state index in [-0.39, 0.29) is 29.1 Å². The molecule has 4 rings (SSSR count). The smallest absolute Gasteiger partial charge is 0.288 e. The topological polar surface area (TPSA) is 94.9 Å². The van der Waals surface area contributed by atoms with Crippen LogP contribution in [0, 0.1) is 0 Å². The zero-order valence-corrected chi connectivity index (χ0v) is 19.4. The van der Waals surface area contributed by atoms with Crippen molar-refractivity contribution >= 4 is 58.0 Å². The molecule has 1 aromatic heterocycles. The van der Waals surface area contributed by atoms with Gasteiger partial charge in [0, 0.05) is 5.02 Å². The van der Waals surface area contributed by atoms with Gasteiger partial charge in [-0.05, 0) is 35.9 Å². The molecule has 1 aliphatic heterocycles. The Labute approximate surface area is 199 Å². The number of nitrogens with one attached hydrogen (secondary N) is 1. The van der Waals surface area contributed by atoms with Gasteiger partial charge in [0.2, 0.25) is 11.2 Å².